The van der Waals surface area contributed by atoms with Gasteiger partial charge in [-0.25, -0.2) is 0 Å². The van der Waals surface area contributed by atoms with Crippen LogP contribution >= 0.6 is 11.8 Å². The van der Waals surface area contributed by atoms with Gasteiger partial charge in [0.05, 0.1) is 12.4 Å². The molecule has 0 saturated carbocycles. The van der Waals surface area contributed by atoms with Gasteiger partial charge < -0.3 is 15.2 Å². The van der Waals surface area contributed by atoms with Gasteiger partial charge in [0, 0.05) is 6.92 Å². The second-order valence-electron chi connectivity index (χ2n) is 3.34. The number of anilines is 1. The van der Waals surface area contributed by atoms with E-state index in [9.17, 15) is 19.5 Å². The molecule has 0 fully saturated rings. The van der Waals surface area contributed by atoms with Crippen LogP contribution in [0.25, 0.3) is 0 Å². The Morgan fingerprint density at radius 1 is 1.53 bits per heavy atom. The number of nitrogens with one attached hydrogen (secondary N) is 2. The highest BCUT2D eigenvalue weighted by atomic mass is 32.2. The van der Waals surface area contributed by atoms with Gasteiger partial charge in [-0.3, -0.25) is 19.4 Å². The van der Waals surface area contributed by atoms with Crippen molar-refractivity contribution in [1.29, 1.82) is 0 Å². The summed E-state index contributed by atoms with van der Waals surface area (Å²) < 4.78 is 4.70. The lowest BCUT2D eigenvalue weighted by atomic mass is 10.5. The number of hydrogen-bond acceptors (Lipinski definition) is 7. The van der Waals surface area contributed by atoms with Crippen LogP contribution in [0, 0.1) is 0 Å². The van der Waals surface area contributed by atoms with Crippen LogP contribution in [0.4, 0.5) is 5.69 Å². The third-order valence-electron chi connectivity index (χ3n) is 1.81. The number of amides is 1. The third kappa shape index (κ3) is 4.62. The lowest BCUT2D eigenvalue weighted by Gasteiger charge is -2.05. The number of aromatic nitrogens is 2. The SMILES string of the molecule is CCOC(=O)CSc1nc(O)c(NC(C)=O)c(=O)[nH]1. The van der Waals surface area contributed by atoms with Gasteiger partial charge in [0.15, 0.2) is 10.8 Å². The number of esters is 1. The van der Waals surface area contributed by atoms with Crippen molar-refractivity contribution in [1.82, 2.24) is 9.97 Å². The molecule has 0 aliphatic heterocycles. The number of aromatic amines is 1. The summed E-state index contributed by atoms with van der Waals surface area (Å²) in [4.78, 5) is 39.5. The Kier molecular flexibility index (Phi) is 5.37. The molecule has 0 aliphatic carbocycles. The Morgan fingerprint density at radius 3 is 2.74 bits per heavy atom. The Morgan fingerprint density at radius 2 is 2.21 bits per heavy atom. The highest BCUT2D eigenvalue weighted by Gasteiger charge is 2.13. The van der Waals surface area contributed by atoms with Crippen LogP contribution in [0.1, 0.15) is 13.8 Å². The molecule has 1 aromatic heterocycles. The average Bonchev–Trinajstić information content (AvgIpc) is 2.31. The van der Waals surface area contributed by atoms with Gasteiger partial charge in [0.25, 0.3) is 5.56 Å². The molecule has 104 valence electrons. The highest BCUT2D eigenvalue weighted by molar-refractivity contribution is 7.99. The first kappa shape index (κ1) is 15.0. The van der Waals surface area contributed by atoms with Crippen molar-refractivity contribution in [2.45, 2.75) is 19.0 Å². The largest absolute Gasteiger partial charge is 0.492 e. The lowest BCUT2D eigenvalue weighted by molar-refractivity contribution is -0.139. The van der Waals surface area contributed by atoms with Crippen molar-refractivity contribution in [2.75, 3.05) is 17.7 Å². The van der Waals surface area contributed by atoms with Crippen LogP contribution in [-0.4, -0.2) is 39.3 Å². The fourth-order valence-corrected chi connectivity index (χ4v) is 1.78. The topological polar surface area (TPSA) is 121 Å². The van der Waals surface area contributed by atoms with Crippen LogP contribution in [0.15, 0.2) is 9.95 Å². The maximum absolute atomic E-state index is 11.6. The van der Waals surface area contributed by atoms with Crippen molar-refractivity contribution in [3.8, 4) is 5.88 Å². The number of carbonyl (C=O) groups is 2. The van der Waals surface area contributed by atoms with Crippen molar-refractivity contribution in [3.05, 3.63) is 10.4 Å². The lowest BCUT2D eigenvalue weighted by Crippen LogP contribution is -2.19. The van der Waals surface area contributed by atoms with E-state index in [4.69, 9.17) is 4.74 Å². The molecule has 0 spiro atoms. The first-order valence-corrected chi connectivity index (χ1v) is 6.32. The summed E-state index contributed by atoms with van der Waals surface area (Å²) >= 11 is 0.910. The van der Waals surface area contributed by atoms with Gasteiger partial charge in [0.2, 0.25) is 11.8 Å². The molecule has 1 rings (SSSR count). The Labute approximate surface area is 112 Å². The predicted octanol–water partition coefficient (Wildman–Crippen LogP) is 0.0891. The van der Waals surface area contributed by atoms with Gasteiger partial charge in [-0.05, 0) is 6.92 Å². The van der Waals surface area contributed by atoms with Gasteiger partial charge >= 0.3 is 5.97 Å². The summed E-state index contributed by atoms with van der Waals surface area (Å²) in [5.74, 6) is -1.61. The molecule has 19 heavy (non-hydrogen) atoms. The Bertz CT molecular complexity index is 542. The number of rotatable bonds is 5. The number of H-pyrrole nitrogens is 1. The monoisotopic (exact) mass is 287 g/mol. The Hall–Kier alpha value is -2.03. The van der Waals surface area contributed by atoms with E-state index in [2.05, 4.69) is 15.3 Å². The first-order valence-electron chi connectivity index (χ1n) is 5.33. The summed E-state index contributed by atoms with van der Waals surface area (Å²) in [5.41, 5.74) is -1.03. The van der Waals surface area contributed by atoms with Gasteiger partial charge in [-0.1, -0.05) is 11.8 Å². The zero-order chi connectivity index (χ0) is 14.4. The predicted molar refractivity (Wildman–Crippen MR) is 68.2 cm³/mol. The van der Waals surface area contributed by atoms with Gasteiger partial charge in [0.1, 0.15) is 0 Å². The molecule has 0 atom stereocenters. The molecular formula is C10H13N3O5S. The van der Waals surface area contributed by atoms with Crippen LogP contribution in [0.3, 0.4) is 0 Å². The minimum absolute atomic E-state index is 0.0459. The summed E-state index contributed by atoms with van der Waals surface area (Å²) in [7, 11) is 0. The van der Waals surface area contributed by atoms with Crippen LogP contribution < -0.4 is 10.9 Å². The molecule has 0 aromatic carbocycles. The zero-order valence-electron chi connectivity index (χ0n) is 10.3. The molecule has 9 heteroatoms. The quantitative estimate of drug-likeness (QED) is 0.398. The van der Waals surface area contributed by atoms with E-state index < -0.39 is 23.3 Å². The standard InChI is InChI=1S/C10H13N3O5S/c1-3-18-6(15)4-19-10-12-8(16)7(9(17)13-10)11-5(2)14/h3-4H2,1-2H3,(H,11,14)(H2,12,13,16,17). The average molecular weight is 287 g/mol. The molecule has 0 aliphatic rings. The molecule has 3 N–H and O–H groups in total. The maximum Gasteiger partial charge on any atom is 0.316 e. The number of thioether (sulfide) groups is 1. The van der Waals surface area contributed by atoms with Crippen molar-refractivity contribution in [3.63, 3.8) is 0 Å². The third-order valence-corrected chi connectivity index (χ3v) is 2.66. The van der Waals surface area contributed by atoms with E-state index >= 15 is 0 Å². The second-order valence-corrected chi connectivity index (χ2v) is 4.31. The fraction of sp³-hybridized carbons (Fsp3) is 0.400. The zero-order valence-corrected chi connectivity index (χ0v) is 11.2. The summed E-state index contributed by atoms with van der Waals surface area (Å²) in [6.07, 6.45) is 0. The molecule has 0 saturated heterocycles. The molecule has 1 heterocycles. The van der Waals surface area contributed by atoms with Crippen LogP contribution in [0.2, 0.25) is 0 Å². The van der Waals surface area contributed by atoms with E-state index in [1.54, 1.807) is 6.92 Å². The van der Waals surface area contributed by atoms with E-state index in [0.717, 1.165) is 11.8 Å². The smallest absolute Gasteiger partial charge is 0.316 e. The van der Waals surface area contributed by atoms with E-state index in [-0.39, 0.29) is 23.2 Å². The molecule has 0 bridgehead atoms. The molecule has 1 amide bonds. The molecular weight excluding hydrogens is 274 g/mol. The van der Waals surface area contributed by atoms with Crippen LogP contribution in [0.5, 0.6) is 5.88 Å². The fourth-order valence-electron chi connectivity index (χ4n) is 1.13. The van der Waals surface area contributed by atoms with Gasteiger partial charge in [-0.2, -0.15) is 4.98 Å². The number of carbonyl (C=O) groups excluding carboxylic acids is 2. The number of aromatic hydroxyl groups is 1. The van der Waals surface area contributed by atoms with E-state index in [1.807, 2.05) is 0 Å². The van der Waals surface area contributed by atoms with E-state index in [0.29, 0.717) is 0 Å². The molecule has 1 aromatic rings. The normalized spacial score (nSPS) is 10.0. The number of nitrogens with zero attached hydrogens (tertiary/aromatic N) is 1. The summed E-state index contributed by atoms with van der Waals surface area (Å²) in [5, 5.41) is 11.7. The summed E-state index contributed by atoms with van der Waals surface area (Å²) in [6.45, 7) is 3.13. The molecule has 0 radical (unpaired) electrons. The number of ether oxygens (including phenoxy) is 1. The van der Waals surface area contributed by atoms with Gasteiger partial charge in [-0.15, -0.1) is 0 Å². The first-order chi connectivity index (χ1) is 8.93. The highest BCUT2D eigenvalue weighted by Crippen LogP contribution is 2.19. The minimum atomic E-state index is -0.700. The summed E-state index contributed by atoms with van der Waals surface area (Å²) in [6, 6.07) is 0. The minimum Gasteiger partial charge on any atom is -0.492 e. The maximum atomic E-state index is 11.6. The van der Waals surface area contributed by atoms with Crippen molar-refractivity contribution < 1.29 is 19.4 Å². The molecule has 0 unspecified atom stereocenters. The second kappa shape index (κ2) is 6.78. The number of hydrogen-bond donors (Lipinski definition) is 3. The van der Waals surface area contributed by atoms with Crippen molar-refractivity contribution in [2.24, 2.45) is 0 Å². The molecule has 8 nitrogen and oxygen atoms in total. The van der Waals surface area contributed by atoms with Crippen molar-refractivity contribution >= 4 is 29.3 Å². The van der Waals surface area contributed by atoms with Crippen LogP contribution in [-0.2, 0) is 14.3 Å². The Balaban J connectivity index is 2.80. The van der Waals surface area contributed by atoms with E-state index in [1.165, 1.54) is 6.92 Å².